The summed E-state index contributed by atoms with van der Waals surface area (Å²) in [7, 11) is 0. The second kappa shape index (κ2) is 3.55. The van der Waals surface area contributed by atoms with Gasteiger partial charge in [-0.25, -0.2) is 0 Å². The van der Waals surface area contributed by atoms with Crippen molar-refractivity contribution in [2.75, 3.05) is 6.54 Å². The molecule has 0 radical (unpaired) electrons. The Bertz CT molecular complexity index is 377. The van der Waals surface area contributed by atoms with Gasteiger partial charge in [-0.05, 0) is 11.8 Å². The lowest BCUT2D eigenvalue weighted by Crippen LogP contribution is -2.37. The Morgan fingerprint density at radius 1 is 1.35 bits per heavy atom. The van der Waals surface area contributed by atoms with E-state index in [0.717, 1.165) is 0 Å². The Labute approximate surface area is 99.8 Å². The van der Waals surface area contributed by atoms with Gasteiger partial charge in [-0.1, -0.05) is 20.8 Å². The molecule has 2 rings (SSSR count). The zero-order valence-corrected chi connectivity index (χ0v) is 10.3. The number of nitrogens with zero attached hydrogens (tertiary/aromatic N) is 1. The zero-order valence-electron chi connectivity index (χ0n) is 10.3. The minimum absolute atomic E-state index is 0.123. The van der Waals surface area contributed by atoms with Gasteiger partial charge in [0.15, 0.2) is 0 Å². The standard InChI is InChI=1S/C12H17NO4/c1-6(11(16)17)4-5-13-9(14)7-8(10(13)15)12(7,2)3/h6-8H,4-5H2,1-3H3,(H,16,17). The number of piperidine rings is 1. The van der Waals surface area contributed by atoms with Crippen LogP contribution in [0.4, 0.5) is 0 Å². The highest BCUT2D eigenvalue weighted by Crippen LogP contribution is 2.63. The van der Waals surface area contributed by atoms with Crippen LogP contribution in [0.1, 0.15) is 27.2 Å². The molecule has 3 unspecified atom stereocenters. The van der Waals surface area contributed by atoms with E-state index in [1.54, 1.807) is 6.92 Å². The molecule has 0 aromatic carbocycles. The number of imide groups is 1. The molecule has 1 saturated heterocycles. The van der Waals surface area contributed by atoms with Crippen molar-refractivity contribution in [3.63, 3.8) is 0 Å². The highest BCUT2D eigenvalue weighted by molar-refractivity contribution is 6.10. The fourth-order valence-electron chi connectivity index (χ4n) is 2.67. The van der Waals surface area contributed by atoms with Crippen LogP contribution in [-0.2, 0) is 14.4 Å². The van der Waals surface area contributed by atoms with Crippen LogP contribution in [0.3, 0.4) is 0 Å². The number of aliphatic carboxylic acids is 1. The van der Waals surface area contributed by atoms with Crippen LogP contribution in [0, 0.1) is 23.2 Å². The first-order chi connectivity index (χ1) is 7.78. The van der Waals surface area contributed by atoms with Gasteiger partial charge in [-0.3, -0.25) is 19.3 Å². The van der Waals surface area contributed by atoms with Gasteiger partial charge in [-0.2, -0.15) is 0 Å². The van der Waals surface area contributed by atoms with E-state index in [1.807, 2.05) is 13.8 Å². The van der Waals surface area contributed by atoms with Gasteiger partial charge in [-0.15, -0.1) is 0 Å². The number of likely N-dealkylation sites (tertiary alicyclic amines) is 1. The predicted octanol–water partition coefficient (Wildman–Crippen LogP) is 0.738. The molecule has 2 fully saturated rings. The molecule has 3 atom stereocenters. The van der Waals surface area contributed by atoms with Gasteiger partial charge in [0.25, 0.3) is 0 Å². The maximum absolute atomic E-state index is 11.9. The maximum Gasteiger partial charge on any atom is 0.306 e. The number of rotatable bonds is 4. The molecule has 0 aromatic heterocycles. The number of carbonyl (C=O) groups excluding carboxylic acids is 2. The number of carboxylic acid groups (broad SMARTS) is 1. The first kappa shape index (κ1) is 12.1. The molecule has 5 nitrogen and oxygen atoms in total. The van der Waals surface area contributed by atoms with Gasteiger partial charge >= 0.3 is 5.97 Å². The Morgan fingerprint density at radius 2 is 1.82 bits per heavy atom. The summed E-state index contributed by atoms with van der Waals surface area (Å²) in [6, 6.07) is 0. The molecule has 1 aliphatic carbocycles. The summed E-state index contributed by atoms with van der Waals surface area (Å²) >= 11 is 0. The Morgan fingerprint density at radius 3 is 2.24 bits per heavy atom. The molecule has 1 N–H and O–H groups in total. The number of carboxylic acids is 1. The number of hydrogen-bond donors (Lipinski definition) is 1. The Balaban J connectivity index is 1.96. The molecule has 0 aromatic rings. The van der Waals surface area contributed by atoms with E-state index in [0.29, 0.717) is 6.42 Å². The molecule has 2 amide bonds. The monoisotopic (exact) mass is 239 g/mol. The molecule has 17 heavy (non-hydrogen) atoms. The fraction of sp³-hybridized carbons (Fsp3) is 0.750. The average molecular weight is 239 g/mol. The summed E-state index contributed by atoms with van der Waals surface area (Å²) < 4.78 is 0. The van der Waals surface area contributed by atoms with Crippen LogP contribution in [0.5, 0.6) is 0 Å². The largest absolute Gasteiger partial charge is 0.481 e. The van der Waals surface area contributed by atoms with E-state index < -0.39 is 11.9 Å². The van der Waals surface area contributed by atoms with Gasteiger partial charge < -0.3 is 5.11 Å². The minimum Gasteiger partial charge on any atom is -0.481 e. The van der Waals surface area contributed by atoms with Crippen LogP contribution in [0.2, 0.25) is 0 Å². The van der Waals surface area contributed by atoms with E-state index in [1.165, 1.54) is 4.90 Å². The Hall–Kier alpha value is -1.39. The van der Waals surface area contributed by atoms with Crippen molar-refractivity contribution in [1.82, 2.24) is 4.90 Å². The summed E-state index contributed by atoms with van der Waals surface area (Å²) in [4.78, 5) is 35.7. The van der Waals surface area contributed by atoms with E-state index in [2.05, 4.69) is 0 Å². The first-order valence-electron chi connectivity index (χ1n) is 5.86. The van der Waals surface area contributed by atoms with E-state index >= 15 is 0 Å². The third-order valence-electron chi connectivity index (χ3n) is 4.10. The SMILES string of the molecule is CC(CCN1C(=O)C2C(C1=O)C2(C)C)C(=O)O. The smallest absolute Gasteiger partial charge is 0.306 e. The highest BCUT2D eigenvalue weighted by atomic mass is 16.4. The topological polar surface area (TPSA) is 74.7 Å². The molecule has 2 aliphatic rings. The summed E-state index contributed by atoms with van der Waals surface area (Å²) in [6.07, 6.45) is 0.326. The molecule has 0 spiro atoms. The second-order valence-corrected chi connectivity index (χ2v) is 5.63. The van der Waals surface area contributed by atoms with Gasteiger partial charge in [0.1, 0.15) is 0 Å². The van der Waals surface area contributed by atoms with Crippen LogP contribution in [0.25, 0.3) is 0 Å². The molecule has 1 heterocycles. The van der Waals surface area contributed by atoms with Gasteiger partial charge in [0.05, 0.1) is 17.8 Å². The molecule has 0 bridgehead atoms. The highest BCUT2D eigenvalue weighted by Gasteiger charge is 2.72. The lowest BCUT2D eigenvalue weighted by Gasteiger charge is -2.21. The summed E-state index contributed by atoms with van der Waals surface area (Å²) in [5.74, 6) is -2.01. The summed E-state index contributed by atoms with van der Waals surface area (Å²) in [5, 5.41) is 8.74. The first-order valence-corrected chi connectivity index (χ1v) is 5.86. The lowest BCUT2D eigenvalue weighted by molar-refractivity contribution is -0.146. The molecule has 94 valence electrons. The van der Waals surface area contributed by atoms with Crippen LogP contribution in [-0.4, -0.2) is 34.3 Å². The van der Waals surface area contributed by atoms with Crippen LogP contribution >= 0.6 is 0 Å². The minimum atomic E-state index is -0.894. The van der Waals surface area contributed by atoms with Crippen LogP contribution < -0.4 is 0 Å². The quantitative estimate of drug-likeness (QED) is 0.734. The van der Waals surface area contributed by atoms with Crippen molar-refractivity contribution in [2.24, 2.45) is 23.2 Å². The van der Waals surface area contributed by atoms with Crippen molar-refractivity contribution in [2.45, 2.75) is 27.2 Å². The van der Waals surface area contributed by atoms with Gasteiger partial charge in [0.2, 0.25) is 11.8 Å². The lowest BCUT2D eigenvalue weighted by atomic mass is 10.0. The van der Waals surface area contributed by atoms with Crippen molar-refractivity contribution in [3.05, 3.63) is 0 Å². The second-order valence-electron chi connectivity index (χ2n) is 5.63. The molecular formula is C12H17NO4. The molecule has 1 saturated carbocycles. The fourth-order valence-corrected chi connectivity index (χ4v) is 2.67. The predicted molar refractivity (Wildman–Crippen MR) is 58.9 cm³/mol. The van der Waals surface area contributed by atoms with Gasteiger partial charge in [0, 0.05) is 6.54 Å². The van der Waals surface area contributed by atoms with Crippen molar-refractivity contribution in [3.8, 4) is 0 Å². The number of amides is 2. The summed E-state index contributed by atoms with van der Waals surface area (Å²) in [5.41, 5.74) is -0.191. The number of hydrogen-bond acceptors (Lipinski definition) is 3. The van der Waals surface area contributed by atoms with Crippen LogP contribution in [0.15, 0.2) is 0 Å². The molecule has 5 heteroatoms. The third-order valence-corrected chi connectivity index (χ3v) is 4.10. The van der Waals surface area contributed by atoms with E-state index in [9.17, 15) is 14.4 Å². The van der Waals surface area contributed by atoms with Crippen molar-refractivity contribution >= 4 is 17.8 Å². The number of carbonyl (C=O) groups is 3. The maximum atomic E-state index is 11.9. The Kier molecular flexibility index (Phi) is 2.52. The van der Waals surface area contributed by atoms with Crippen molar-refractivity contribution < 1.29 is 19.5 Å². The average Bonchev–Trinajstić information content (AvgIpc) is 2.68. The van der Waals surface area contributed by atoms with Crippen molar-refractivity contribution in [1.29, 1.82) is 0 Å². The van der Waals surface area contributed by atoms with E-state index in [-0.39, 0.29) is 35.6 Å². The van der Waals surface area contributed by atoms with E-state index in [4.69, 9.17) is 5.11 Å². The molecular weight excluding hydrogens is 222 g/mol. The third kappa shape index (κ3) is 1.64. The zero-order chi connectivity index (χ0) is 13.0. The molecule has 1 aliphatic heterocycles. The summed E-state index contributed by atoms with van der Waals surface area (Å²) in [6.45, 7) is 5.66. The number of fused-ring (bicyclic) bond motifs is 1. The normalized spacial score (nSPS) is 31.4.